The van der Waals surface area contributed by atoms with Crippen molar-refractivity contribution in [3.63, 3.8) is 0 Å². The number of nitrogens with two attached hydrogens (primary N) is 1. The van der Waals surface area contributed by atoms with E-state index in [9.17, 15) is 0 Å². The van der Waals surface area contributed by atoms with Gasteiger partial charge in [-0.2, -0.15) is 9.97 Å². The van der Waals surface area contributed by atoms with Gasteiger partial charge in [0, 0.05) is 48.8 Å². The first-order valence-electron chi connectivity index (χ1n) is 14.4. The molecule has 10 heteroatoms. The number of anilines is 2. The zero-order valence-electron chi connectivity index (χ0n) is 23.0. The highest BCUT2D eigenvalue weighted by Gasteiger charge is 2.34. The first-order chi connectivity index (χ1) is 19.4. The van der Waals surface area contributed by atoms with Gasteiger partial charge >= 0.3 is 6.01 Å². The van der Waals surface area contributed by atoms with Gasteiger partial charge in [-0.05, 0) is 57.5 Å². The molecule has 3 saturated heterocycles. The Labute approximate surface area is 233 Å². The Balaban J connectivity index is 1.33. The van der Waals surface area contributed by atoms with Crippen molar-refractivity contribution < 1.29 is 9.13 Å². The second-order valence-corrected chi connectivity index (χ2v) is 11.6. The molecule has 2 bridgehead atoms. The van der Waals surface area contributed by atoms with Crippen molar-refractivity contribution in [2.24, 2.45) is 0 Å². The number of rotatable bonds is 6. The van der Waals surface area contributed by atoms with Gasteiger partial charge < -0.3 is 20.7 Å². The van der Waals surface area contributed by atoms with E-state index in [2.05, 4.69) is 43.9 Å². The largest absolute Gasteiger partial charge is 0.462 e. The van der Waals surface area contributed by atoms with Crippen LogP contribution in [-0.4, -0.2) is 75.2 Å². The minimum absolute atomic E-state index is 0.119. The van der Waals surface area contributed by atoms with E-state index in [1.165, 1.54) is 0 Å². The summed E-state index contributed by atoms with van der Waals surface area (Å²) in [6.45, 7) is 7.55. The summed E-state index contributed by atoms with van der Waals surface area (Å²) in [5.41, 5.74) is 6.82. The lowest BCUT2D eigenvalue weighted by Crippen LogP contribution is -2.51. The molecule has 0 spiro atoms. The molecule has 3 fully saturated rings. The normalized spacial score (nSPS) is 23.1. The number of fused-ring (bicyclic) bond motifs is 4. The Bertz CT molecular complexity index is 1570. The number of halogens is 1. The third kappa shape index (κ3) is 4.49. The molecule has 3 atom stereocenters. The minimum Gasteiger partial charge on any atom is -0.462 e. The zero-order valence-corrected chi connectivity index (χ0v) is 23.0. The molecular weight excluding hydrogens is 507 g/mol. The van der Waals surface area contributed by atoms with Crippen LogP contribution >= 0.6 is 0 Å². The van der Waals surface area contributed by atoms with Gasteiger partial charge in [-0.1, -0.05) is 24.3 Å². The van der Waals surface area contributed by atoms with Gasteiger partial charge in [-0.3, -0.25) is 9.88 Å². The molecule has 40 heavy (non-hydrogen) atoms. The van der Waals surface area contributed by atoms with E-state index >= 15 is 4.39 Å². The molecule has 4 aromatic rings. The first kappa shape index (κ1) is 25.3. The quantitative estimate of drug-likeness (QED) is 0.372. The van der Waals surface area contributed by atoms with E-state index in [0.29, 0.717) is 53.5 Å². The van der Waals surface area contributed by atoms with Crippen molar-refractivity contribution in [3.05, 3.63) is 42.3 Å². The average molecular weight is 543 g/mol. The van der Waals surface area contributed by atoms with Crippen LogP contribution in [0.2, 0.25) is 0 Å². The molecular formula is C30H35FN8O. The summed E-state index contributed by atoms with van der Waals surface area (Å²) in [7, 11) is 0. The predicted molar refractivity (Wildman–Crippen MR) is 155 cm³/mol. The number of hydrogen-bond acceptors (Lipinski definition) is 9. The van der Waals surface area contributed by atoms with Crippen LogP contribution in [0.15, 0.2) is 36.5 Å². The third-order valence-electron chi connectivity index (χ3n) is 8.63. The van der Waals surface area contributed by atoms with Gasteiger partial charge in [-0.25, -0.2) is 9.37 Å². The number of benzene rings is 1. The third-order valence-corrected chi connectivity index (χ3v) is 8.63. The highest BCUT2D eigenvalue weighted by molar-refractivity contribution is 5.98. The monoisotopic (exact) mass is 542 g/mol. The lowest BCUT2D eigenvalue weighted by molar-refractivity contribution is 0.138. The summed E-state index contributed by atoms with van der Waals surface area (Å²) in [5.74, 6) is 0.441. The molecule has 6 heterocycles. The summed E-state index contributed by atoms with van der Waals surface area (Å²) in [6, 6.07) is 11.2. The van der Waals surface area contributed by atoms with E-state index < -0.39 is 5.82 Å². The molecule has 3 aliphatic rings. The molecule has 0 radical (unpaired) electrons. The molecule has 2 unspecified atom stereocenters. The SMILES string of the molecule is CC(C)N1CCC[C@H]1COc1nc(N2CC3CCC(C2)N3)c2cnc(-c3nc(N)cc4ccccc34)c(F)c2n1. The topological polar surface area (TPSA) is 105 Å². The van der Waals surface area contributed by atoms with Crippen LogP contribution < -0.4 is 20.7 Å². The standard InChI is InChI=1S/C30H35FN8O/c1-17(2)39-11-5-7-21(39)16-40-30-36-26-23(29(37-30)38-14-19-9-10-20(15-38)34-19)13-33-28(25(26)31)27-22-8-4-3-6-18(22)12-24(32)35-27/h3-4,6,8,12-13,17,19-21,34H,5,7,9-11,14-16H2,1-2H3,(H2,32,35)/t19?,20?,21-/m0/s1. The van der Waals surface area contributed by atoms with Crippen LogP contribution in [-0.2, 0) is 0 Å². The molecule has 0 amide bonds. The number of ether oxygens (including phenoxy) is 1. The number of piperazine rings is 1. The van der Waals surface area contributed by atoms with E-state index in [1.54, 1.807) is 12.3 Å². The number of likely N-dealkylation sites (tertiary alicyclic amines) is 1. The number of pyridine rings is 2. The predicted octanol–water partition coefficient (Wildman–Crippen LogP) is 4.15. The second-order valence-electron chi connectivity index (χ2n) is 11.6. The van der Waals surface area contributed by atoms with Gasteiger partial charge in [-0.15, -0.1) is 0 Å². The van der Waals surface area contributed by atoms with Crippen molar-refractivity contribution in [2.45, 2.75) is 63.7 Å². The maximum absolute atomic E-state index is 16.5. The number of nitrogens with zero attached hydrogens (tertiary/aromatic N) is 6. The van der Waals surface area contributed by atoms with Crippen LogP contribution in [0.5, 0.6) is 6.01 Å². The van der Waals surface area contributed by atoms with Gasteiger partial charge in [0.1, 0.15) is 35.1 Å². The lowest BCUT2D eigenvalue weighted by atomic mass is 10.1. The van der Waals surface area contributed by atoms with Crippen LogP contribution in [0, 0.1) is 5.82 Å². The van der Waals surface area contributed by atoms with Crippen molar-refractivity contribution in [1.82, 2.24) is 30.2 Å². The molecule has 1 aromatic carbocycles. The number of hydrogen-bond donors (Lipinski definition) is 2. The molecule has 9 nitrogen and oxygen atoms in total. The van der Waals surface area contributed by atoms with Crippen molar-refractivity contribution in [2.75, 3.05) is 36.9 Å². The molecule has 7 rings (SSSR count). The Morgan fingerprint density at radius 2 is 1.85 bits per heavy atom. The Morgan fingerprint density at radius 3 is 2.65 bits per heavy atom. The van der Waals surface area contributed by atoms with Crippen molar-refractivity contribution in [3.8, 4) is 17.4 Å². The molecule has 208 valence electrons. The van der Waals surface area contributed by atoms with E-state index in [1.807, 2.05) is 24.3 Å². The number of aromatic nitrogens is 4. The molecule has 0 saturated carbocycles. The average Bonchev–Trinajstić information content (AvgIpc) is 3.57. The fourth-order valence-electron chi connectivity index (χ4n) is 6.75. The van der Waals surface area contributed by atoms with Crippen LogP contribution in [0.1, 0.15) is 39.5 Å². The van der Waals surface area contributed by atoms with Gasteiger partial charge in [0.25, 0.3) is 0 Å². The maximum atomic E-state index is 16.5. The summed E-state index contributed by atoms with van der Waals surface area (Å²) >= 11 is 0. The van der Waals surface area contributed by atoms with E-state index in [0.717, 1.165) is 56.1 Å². The van der Waals surface area contributed by atoms with E-state index in [-0.39, 0.29) is 17.2 Å². The summed E-state index contributed by atoms with van der Waals surface area (Å²) in [5, 5.41) is 5.90. The minimum atomic E-state index is -0.544. The highest BCUT2D eigenvalue weighted by atomic mass is 19.1. The fraction of sp³-hybridized carbons (Fsp3) is 0.467. The molecule has 3 aromatic heterocycles. The number of nitrogens with one attached hydrogen (secondary N) is 1. The molecule has 0 aliphatic carbocycles. The Kier molecular flexibility index (Phi) is 6.39. The first-order valence-corrected chi connectivity index (χ1v) is 14.4. The zero-order chi connectivity index (χ0) is 27.4. The van der Waals surface area contributed by atoms with Gasteiger partial charge in [0.2, 0.25) is 0 Å². The molecule has 3 aliphatic heterocycles. The summed E-state index contributed by atoms with van der Waals surface area (Å²) < 4.78 is 22.7. The maximum Gasteiger partial charge on any atom is 0.319 e. The lowest BCUT2D eigenvalue weighted by Gasteiger charge is -2.34. The van der Waals surface area contributed by atoms with Gasteiger partial charge in [0.05, 0.1) is 5.39 Å². The van der Waals surface area contributed by atoms with Crippen molar-refractivity contribution >= 4 is 33.3 Å². The number of nitrogen functional groups attached to an aromatic ring is 1. The highest BCUT2D eigenvalue weighted by Crippen LogP contribution is 2.36. The van der Waals surface area contributed by atoms with Crippen molar-refractivity contribution in [1.29, 1.82) is 0 Å². The summed E-state index contributed by atoms with van der Waals surface area (Å²) in [6.07, 6.45) is 6.14. The van der Waals surface area contributed by atoms with Crippen LogP contribution in [0.25, 0.3) is 33.1 Å². The summed E-state index contributed by atoms with van der Waals surface area (Å²) in [4.78, 5) is 23.3. The smallest absolute Gasteiger partial charge is 0.319 e. The molecule has 3 N–H and O–H groups in total. The van der Waals surface area contributed by atoms with Gasteiger partial charge in [0.15, 0.2) is 5.82 Å². The van der Waals surface area contributed by atoms with Crippen LogP contribution in [0.4, 0.5) is 16.0 Å². The fourth-order valence-corrected chi connectivity index (χ4v) is 6.75. The Hall–Kier alpha value is -3.63. The van der Waals surface area contributed by atoms with Crippen LogP contribution in [0.3, 0.4) is 0 Å². The Morgan fingerprint density at radius 1 is 1.05 bits per heavy atom. The van der Waals surface area contributed by atoms with E-state index in [4.69, 9.17) is 15.5 Å². The second kappa shape index (κ2) is 10.1.